The van der Waals surface area contributed by atoms with Crippen LogP contribution in [0.5, 0.6) is 0 Å². The number of rotatable bonds is 1. The summed E-state index contributed by atoms with van der Waals surface area (Å²) in [4.78, 5) is 14.2. The Kier molecular flexibility index (Phi) is 2.62. The van der Waals surface area contributed by atoms with Crippen molar-refractivity contribution in [3.05, 3.63) is 11.6 Å². The summed E-state index contributed by atoms with van der Waals surface area (Å²) in [6.45, 7) is 0. The summed E-state index contributed by atoms with van der Waals surface area (Å²) in [6.07, 6.45) is 2.83. The summed E-state index contributed by atoms with van der Waals surface area (Å²) in [7, 11) is 0. The minimum atomic E-state index is -0.760. The molecule has 0 aromatic heterocycles. The van der Waals surface area contributed by atoms with E-state index in [9.17, 15) is 4.79 Å². The van der Waals surface area contributed by atoms with Gasteiger partial charge in [0.2, 0.25) is 0 Å². The third-order valence-electron chi connectivity index (χ3n) is 1.68. The Hall–Kier alpha value is -0.870. The predicted molar refractivity (Wildman–Crippen MR) is 36.7 cm³/mol. The molecule has 1 unspecified atom stereocenters. The van der Waals surface area contributed by atoms with Crippen molar-refractivity contribution >= 4 is 5.97 Å². The van der Waals surface area contributed by atoms with Crippen LogP contribution in [-0.2, 0) is 9.68 Å². The van der Waals surface area contributed by atoms with Crippen molar-refractivity contribution in [2.24, 2.45) is 0 Å². The van der Waals surface area contributed by atoms with E-state index >= 15 is 0 Å². The first-order valence-corrected chi connectivity index (χ1v) is 3.48. The van der Waals surface area contributed by atoms with E-state index in [4.69, 9.17) is 10.4 Å². The Morgan fingerprint density at radius 2 is 2.45 bits per heavy atom. The number of aliphatic hydroxyl groups is 1. The molecule has 0 saturated heterocycles. The van der Waals surface area contributed by atoms with Crippen molar-refractivity contribution < 1.29 is 20.0 Å². The quantitative estimate of drug-likeness (QED) is 0.430. The molecule has 62 valence electrons. The zero-order valence-corrected chi connectivity index (χ0v) is 5.99. The van der Waals surface area contributed by atoms with Gasteiger partial charge in [-0.15, -0.1) is 0 Å². The van der Waals surface area contributed by atoms with Crippen molar-refractivity contribution in [2.45, 2.75) is 25.4 Å². The van der Waals surface area contributed by atoms with E-state index in [2.05, 4.69) is 4.89 Å². The van der Waals surface area contributed by atoms with Crippen LogP contribution < -0.4 is 0 Å². The van der Waals surface area contributed by atoms with Crippen molar-refractivity contribution in [3.8, 4) is 0 Å². The summed E-state index contributed by atoms with van der Waals surface area (Å²) >= 11 is 0. The molecule has 11 heavy (non-hydrogen) atoms. The molecular weight excluding hydrogens is 148 g/mol. The maximum atomic E-state index is 10.7. The van der Waals surface area contributed by atoms with Crippen LogP contribution in [0.1, 0.15) is 19.3 Å². The van der Waals surface area contributed by atoms with Crippen LogP contribution in [0.25, 0.3) is 0 Å². The first-order chi connectivity index (χ1) is 5.24. The van der Waals surface area contributed by atoms with Gasteiger partial charge >= 0.3 is 5.97 Å². The third-order valence-corrected chi connectivity index (χ3v) is 1.68. The molecular formula is C7H10O4. The van der Waals surface area contributed by atoms with Gasteiger partial charge in [-0.25, -0.2) is 4.79 Å². The Balaban J connectivity index is 2.63. The molecule has 0 fully saturated rings. The number of hydrogen-bond donors (Lipinski definition) is 2. The molecule has 0 aromatic carbocycles. The van der Waals surface area contributed by atoms with Crippen LogP contribution in [0, 0.1) is 0 Å². The fourth-order valence-corrected chi connectivity index (χ4v) is 1.13. The van der Waals surface area contributed by atoms with Gasteiger partial charge in [0, 0.05) is 5.57 Å². The van der Waals surface area contributed by atoms with E-state index in [1.165, 1.54) is 6.08 Å². The molecule has 4 nitrogen and oxygen atoms in total. The molecule has 1 rings (SSSR count). The van der Waals surface area contributed by atoms with Gasteiger partial charge in [0.05, 0.1) is 6.10 Å². The fourth-order valence-electron chi connectivity index (χ4n) is 1.13. The van der Waals surface area contributed by atoms with Crippen molar-refractivity contribution in [1.29, 1.82) is 0 Å². The lowest BCUT2D eigenvalue weighted by molar-refractivity contribution is -0.229. The van der Waals surface area contributed by atoms with Crippen LogP contribution in [0.2, 0.25) is 0 Å². The Bertz CT molecular complexity index is 185. The minimum absolute atomic E-state index is 0.353. The van der Waals surface area contributed by atoms with Gasteiger partial charge in [-0.05, 0) is 25.3 Å². The van der Waals surface area contributed by atoms with Crippen molar-refractivity contribution in [2.75, 3.05) is 0 Å². The average molecular weight is 158 g/mol. The Morgan fingerprint density at radius 3 is 3.00 bits per heavy atom. The molecule has 1 aliphatic rings. The molecule has 0 radical (unpaired) electrons. The molecule has 0 amide bonds. The minimum Gasteiger partial charge on any atom is -0.389 e. The highest BCUT2D eigenvalue weighted by atomic mass is 17.1. The lowest BCUT2D eigenvalue weighted by Gasteiger charge is -2.13. The molecule has 4 heteroatoms. The van der Waals surface area contributed by atoms with E-state index in [0.717, 1.165) is 6.42 Å². The fraction of sp³-hybridized carbons (Fsp3) is 0.571. The molecule has 0 heterocycles. The Labute approximate surface area is 64.0 Å². The van der Waals surface area contributed by atoms with Gasteiger partial charge in [0.1, 0.15) is 0 Å². The topological polar surface area (TPSA) is 66.8 Å². The van der Waals surface area contributed by atoms with Crippen LogP contribution in [0.15, 0.2) is 11.6 Å². The average Bonchev–Trinajstić information content (AvgIpc) is 2.03. The molecule has 0 aliphatic heterocycles. The molecule has 1 atom stereocenters. The standard InChI is InChI=1S/C7H10O4/c8-6-3-1-2-5(4-6)7(9)11-10/h4,6,8,10H,1-3H2. The zero-order valence-electron chi connectivity index (χ0n) is 5.99. The lowest BCUT2D eigenvalue weighted by Crippen LogP contribution is -2.15. The van der Waals surface area contributed by atoms with Gasteiger partial charge < -0.3 is 5.11 Å². The van der Waals surface area contributed by atoms with Crippen LogP contribution >= 0.6 is 0 Å². The molecule has 1 aliphatic carbocycles. The van der Waals surface area contributed by atoms with Gasteiger partial charge in [0.25, 0.3) is 0 Å². The van der Waals surface area contributed by atoms with Gasteiger partial charge in [-0.1, -0.05) is 0 Å². The first-order valence-electron chi connectivity index (χ1n) is 3.48. The monoisotopic (exact) mass is 158 g/mol. The highest BCUT2D eigenvalue weighted by Gasteiger charge is 2.17. The zero-order chi connectivity index (χ0) is 8.27. The molecule has 0 bridgehead atoms. The Morgan fingerprint density at radius 1 is 1.73 bits per heavy atom. The maximum absolute atomic E-state index is 10.7. The summed E-state index contributed by atoms with van der Waals surface area (Å²) in [5.74, 6) is -0.760. The number of carbonyl (C=O) groups is 1. The number of carbonyl (C=O) groups excluding carboxylic acids is 1. The maximum Gasteiger partial charge on any atom is 0.368 e. The van der Waals surface area contributed by atoms with E-state index in [-0.39, 0.29) is 0 Å². The first kappa shape index (κ1) is 8.23. The van der Waals surface area contributed by atoms with E-state index < -0.39 is 12.1 Å². The normalized spacial score (nSPS) is 24.2. The van der Waals surface area contributed by atoms with E-state index in [0.29, 0.717) is 18.4 Å². The van der Waals surface area contributed by atoms with Crippen LogP contribution in [0.4, 0.5) is 0 Å². The number of hydrogen-bond acceptors (Lipinski definition) is 4. The second-order valence-electron chi connectivity index (χ2n) is 2.53. The smallest absolute Gasteiger partial charge is 0.368 e. The van der Waals surface area contributed by atoms with Gasteiger partial charge in [0.15, 0.2) is 0 Å². The lowest BCUT2D eigenvalue weighted by atomic mass is 9.98. The largest absolute Gasteiger partial charge is 0.389 e. The second kappa shape index (κ2) is 3.50. The summed E-state index contributed by atoms with van der Waals surface area (Å²) in [6, 6.07) is 0. The highest BCUT2D eigenvalue weighted by molar-refractivity contribution is 5.88. The van der Waals surface area contributed by atoms with Crippen LogP contribution in [-0.4, -0.2) is 22.4 Å². The molecule has 2 N–H and O–H groups in total. The summed E-state index contributed by atoms with van der Waals surface area (Å²) in [5, 5.41) is 17.1. The van der Waals surface area contributed by atoms with Crippen molar-refractivity contribution in [3.63, 3.8) is 0 Å². The number of aliphatic hydroxyl groups excluding tert-OH is 1. The summed E-state index contributed by atoms with van der Waals surface area (Å²) in [5.41, 5.74) is 0.353. The summed E-state index contributed by atoms with van der Waals surface area (Å²) < 4.78 is 0. The van der Waals surface area contributed by atoms with Crippen LogP contribution in [0.3, 0.4) is 0 Å². The molecule has 0 saturated carbocycles. The second-order valence-corrected chi connectivity index (χ2v) is 2.53. The third kappa shape index (κ3) is 2.03. The van der Waals surface area contributed by atoms with Gasteiger partial charge in [-0.2, -0.15) is 5.26 Å². The van der Waals surface area contributed by atoms with Crippen molar-refractivity contribution in [1.82, 2.24) is 0 Å². The molecule has 0 aromatic rings. The SMILES string of the molecule is O=C(OO)C1=CC(O)CCC1. The van der Waals surface area contributed by atoms with E-state index in [1.807, 2.05) is 0 Å². The molecule has 0 spiro atoms. The van der Waals surface area contributed by atoms with E-state index in [1.54, 1.807) is 0 Å². The van der Waals surface area contributed by atoms with Gasteiger partial charge in [-0.3, -0.25) is 4.89 Å². The highest BCUT2D eigenvalue weighted by Crippen LogP contribution is 2.18. The predicted octanol–water partition coefficient (Wildman–Crippen LogP) is 0.474.